The highest BCUT2D eigenvalue weighted by Crippen LogP contribution is 2.54. The number of alkyl halides is 3. The average Bonchev–Trinajstić information content (AvgIpc) is 2.79. The van der Waals surface area contributed by atoms with Gasteiger partial charge in [-0.2, -0.15) is 13.2 Å². The van der Waals surface area contributed by atoms with Crippen molar-refractivity contribution in [1.82, 2.24) is 10.2 Å². The predicted octanol–water partition coefficient (Wildman–Crippen LogP) is 3.81. The van der Waals surface area contributed by atoms with Crippen LogP contribution in [0.3, 0.4) is 0 Å². The summed E-state index contributed by atoms with van der Waals surface area (Å²) in [5.41, 5.74) is 3.25. The molecule has 1 amide bonds. The zero-order valence-corrected chi connectivity index (χ0v) is 18.2. The van der Waals surface area contributed by atoms with Crippen LogP contribution in [-0.4, -0.2) is 41.7 Å². The number of hydrogen-bond acceptors (Lipinski definition) is 5. The molecule has 0 bridgehead atoms. The number of fused-ring (bicyclic) bond motifs is 1. The first-order valence-corrected chi connectivity index (χ1v) is 11.5. The molecule has 2 aromatic carbocycles. The van der Waals surface area contributed by atoms with Crippen LogP contribution in [0.2, 0.25) is 0 Å². The van der Waals surface area contributed by atoms with Gasteiger partial charge in [-0.25, -0.2) is 10.2 Å². The summed E-state index contributed by atoms with van der Waals surface area (Å²) in [5.74, 6) is -0.293. The lowest BCUT2D eigenvalue weighted by Crippen LogP contribution is -2.49. The molecule has 2 atom stereocenters. The van der Waals surface area contributed by atoms with Crippen LogP contribution in [-0.2, 0) is 26.8 Å². The molecule has 0 fully saturated rings. The minimum Gasteiger partial charge on any atom is -0.497 e. The molecule has 1 aliphatic rings. The second-order valence-electron chi connectivity index (χ2n) is 7.33. The molecule has 1 unspecified atom stereocenters. The third-order valence-electron chi connectivity index (χ3n) is 5.24. The summed E-state index contributed by atoms with van der Waals surface area (Å²) in [6.07, 6.45) is -5.69. The monoisotopic (exact) mass is 472 g/mol. The van der Waals surface area contributed by atoms with Gasteiger partial charge >= 0.3 is 13.7 Å². The van der Waals surface area contributed by atoms with Crippen molar-refractivity contribution in [3.05, 3.63) is 59.7 Å². The second-order valence-corrected chi connectivity index (χ2v) is 9.66. The van der Waals surface area contributed by atoms with Crippen LogP contribution < -0.4 is 15.5 Å². The molecule has 0 radical (unpaired) electrons. The van der Waals surface area contributed by atoms with Gasteiger partial charge in [0.2, 0.25) is 0 Å². The Morgan fingerprint density at radius 1 is 1.19 bits per heavy atom. The van der Waals surface area contributed by atoms with Crippen molar-refractivity contribution in [2.45, 2.75) is 38.0 Å². The maximum atomic E-state index is 14.3. The lowest BCUT2D eigenvalue weighted by Gasteiger charge is -2.39. The number of benzene rings is 2. The van der Waals surface area contributed by atoms with Crippen molar-refractivity contribution < 1.29 is 37.0 Å². The topological polar surface area (TPSA) is 88.1 Å². The van der Waals surface area contributed by atoms with Gasteiger partial charge in [-0.05, 0) is 48.2 Å². The smallest absolute Gasteiger partial charge is 0.389 e. The highest BCUT2D eigenvalue weighted by molar-refractivity contribution is 7.64. The molecular weight excluding hydrogens is 448 g/mol. The van der Waals surface area contributed by atoms with Gasteiger partial charge in [0, 0.05) is 13.0 Å². The average molecular weight is 472 g/mol. The molecule has 0 saturated heterocycles. The van der Waals surface area contributed by atoms with Crippen molar-refractivity contribution >= 4 is 18.7 Å². The lowest BCUT2D eigenvalue weighted by molar-refractivity contribution is -0.136. The maximum absolute atomic E-state index is 14.3. The van der Waals surface area contributed by atoms with E-state index in [1.807, 2.05) is 12.1 Å². The number of amides is 1. The molecule has 0 aliphatic carbocycles. The van der Waals surface area contributed by atoms with Crippen molar-refractivity contribution in [1.29, 1.82) is 0 Å². The number of rotatable bonds is 8. The Labute approximate surface area is 183 Å². The molecule has 2 N–H and O–H groups in total. The summed E-state index contributed by atoms with van der Waals surface area (Å²) in [6, 6.07) is 12.3. The Morgan fingerprint density at radius 2 is 1.84 bits per heavy atom. The third kappa shape index (κ3) is 5.50. The molecule has 1 aliphatic heterocycles. The van der Waals surface area contributed by atoms with Gasteiger partial charge in [-0.15, -0.1) is 0 Å². The molecule has 0 spiro atoms. The Kier molecular flexibility index (Phi) is 7.61. The summed E-state index contributed by atoms with van der Waals surface area (Å²) in [4.78, 5) is 12.5. The number of ether oxygens (including phenoxy) is 1. The van der Waals surface area contributed by atoms with E-state index in [1.165, 1.54) is 23.9 Å². The standard InChI is InChI=1S/C21H24F3N2O5P/c1-30-17-7-9-18(10-8-17)32(29,31-12-4-11-21(22,23)24)26-14-16-6-3-2-5-15(16)13-19(26)20(27)25-28/h2-3,5-10,19,28H,4,11-14H2,1H3,(H,25,27)/t19-,32?/m1/s1. The van der Waals surface area contributed by atoms with E-state index >= 15 is 0 Å². The SMILES string of the molecule is COc1ccc(P(=O)(OCCCC(F)(F)F)N2Cc3ccccc3C[C@@H]2C(=O)NO)cc1. The van der Waals surface area contributed by atoms with E-state index < -0.39 is 38.7 Å². The minimum atomic E-state index is -4.36. The van der Waals surface area contributed by atoms with E-state index in [-0.39, 0.29) is 24.7 Å². The van der Waals surface area contributed by atoms with Crippen LogP contribution >= 0.6 is 7.52 Å². The van der Waals surface area contributed by atoms with Crippen LogP contribution in [0, 0.1) is 0 Å². The Hall–Kier alpha value is -2.39. The summed E-state index contributed by atoms with van der Waals surface area (Å²) >= 11 is 0. The van der Waals surface area contributed by atoms with Gasteiger partial charge in [0.15, 0.2) is 0 Å². The Morgan fingerprint density at radius 3 is 2.44 bits per heavy atom. The van der Waals surface area contributed by atoms with E-state index in [9.17, 15) is 27.7 Å². The first-order valence-electron chi connectivity index (χ1n) is 9.92. The largest absolute Gasteiger partial charge is 0.497 e. The number of halogens is 3. The van der Waals surface area contributed by atoms with E-state index in [0.717, 1.165) is 11.1 Å². The van der Waals surface area contributed by atoms with Crippen molar-refractivity contribution in [2.75, 3.05) is 13.7 Å². The fourth-order valence-electron chi connectivity index (χ4n) is 3.62. The molecule has 7 nitrogen and oxygen atoms in total. The van der Waals surface area contributed by atoms with Crippen molar-refractivity contribution in [2.24, 2.45) is 0 Å². The van der Waals surface area contributed by atoms with Crippen LogP contribution in [0.25, 0.3) is 0 Å². The van der Waals surface area contributed by atoms with E-state index in [4.69, 9.17) is 9.26 Å². The minimum absolute atomic E-state index is 0.0524. The van der Waals surface area contributed by atoms with Gasteiger partial charge in [0.25, 0.3) is 5.91 Å². The van der Waals surface area contributed by atoms with Crippen LogP contribution in [0.4, 0.5) is 13.2 Å². The van der Waals surface area contributed by atoms with Gasteiger partial charge in [-0.3, -0.25) is 14.6 Å². The first kappa shape index (κ1) is 24.3. The van der Waals surface area contributed by atoms with Crippen molar-refractivity contribution in [3.8, 4) is 5.75 Å². The number of nitrogens with zero attached hydrogens (tertiary/aromatic N) is 1. The van der Waals surface area contributed by atoms with E-state index in [0.29, 0.717) is 5.75 Å². The predicted molar refractivity (Wildman–Crippen MR) is 111 cm³/mol. The number of carbonyl (C=O) groups excluding carboxylic acids is 1. The molecule has 11 heteroatoms. The third-order valence-corrected chi connectivity index (χ3v) is 7.82. The number of carbonyl (C=O) groups is 1. The Balaban J connectivity index is 1.99. The zero-order chi connectivity index (χ0) is 23.4. The molecule has 1 heterocycles. The zero-order valence-electron chi connectivity index (χ0n) is 17.3. The molecule has 2 aromatic rings. The molecule has 174 valence electrons. The van der Waals surface area contributed by atoms with E-state index in [1.54, 1.807) is 29.7 Å². The maximum Gasteiger partial charge on any atom is 0.389 e. The molecular formula is C21H24F3N2O5P. The van der Waals surface area contributed by atoms with Gasteiger partial charge < -0.3 is 9.26 Å². The lowest BCUT2D eigenvalue weighted by atomic mass is 9.95. The van der Waals surface area contributed by atoms with Gasteiger partial charge in [0.1, 0.15) is 11.8 Å². The molecule has 0 saturated carbocycles. The summed E-state index contributed by atoms with van der Waals surface area (Å²) in [6.45, 7) is -0.370. The van der Waals surface area contributed by atoms with E-state index in [2.05, 4.69) is 0 Å². The fourth-order valence-corrected chi connectivity index (χ4v) is 6.01. The summed E-state index contributed by atoms with van der Waals surface area (Å²) in [5, 5.41) is 9.47. The summed E-state index contributed by atoms with van der Waals surface area (Å²) in [7, 11) is -2.54. The molecule has 0 aromatic heterocycles. The number of methoxy groups -OCH3 is 1. The second kappa shape index (κ2) is 10.0. The highest BCUT2D eigenvalue weighted by Gasteiger charge is 2.44. The number of hydroxylamine groups is 1. The highest BCUT2D eigenvalue weighted by atomic mass is 31.2. The fraction of sp³-hybridized carbons (Fsp3) is 0.381. The van der Waals surface area contributed by atoms with Crippen molar-refractivity contribution in [3.63, 3.8) is 0 Å². The molecule has 32 heavy (non-hydrogen) atoms. The van der Waals surface area contributed by atoms with Crippen LogP contribution in [0.15, 0.2) is 48.5 Å². The normalized spacial score (nSPS) is 18.5. The first-order chi connectivity index (χ1) is 15.2. The number of nitrogens with one attached hydrogen (secondary N) is 1. The van der Waals surface area contributed by atoms with Gasteiger partial charge in [0.05, 0.1) is 19.0 Å². The number of hydrogen-bond donors (Lipinski definition) is 2. The van der Waals surface area contributed by atoms with Crippen LogP contribution in [0.5, 0.6) is 5.75 Å². The molecule has 3 rings (SSSR count). The van der Waals surface area contributed by atoms with Gasteiger partial charge in [-0.1, -0.05) is 24.3 Å². The summed E-state index contributed by atoms with van der Waals surface area (Å²) < 4.78 is 64.1. The Bertz CT molecular complexity index is 984. The van der Waals surface area contributed by atoms with Crippen LogP contribution in [0.1, 0.15) is 24.0 Å². The quantitative estimate of drug-likeness (QED) is 0.263.